The zero-order valence-electron chi connectivity index (χ0n) is 19.7. The predicted molar refractivity (Wildman–Crippen MR) is 128 cm³/mol. The first kappa shape index (κ1) is 28.9. The topological polar surface area (TPSA) is 80.3 Å². The van der Waals surface area contributed by atoms with Crippen LogP contribution in [-0.2, 0) is 9.13 Å². The molecule has 0 aliphatic heterocycles. The molecule has 0 unspecified atom stereocenters. The SMILES string of the molecule is O=P([O-])(C1CCCCC1)C1CCCCC1.O=P([O-])(C1CCCCC1)C1CCCCC1.[Ca+2]. The van der Waals surface area contributed by atoms with E-state index in [1.54, 1.807) is 0 Å². The fraction of sp³-hybridized carbons (Fsp3) is 1.00. The van der Waals surface area contributed by atoms with Crippen molar-refractivity contribution in [3.8, 4) is 0 Å². The van der Waals surface area contributed by atoms with Gasteiger partial charge in [0.1, 0.15) is 0 Å². The molecule has 0 N–H and O–H groups in total. The Morgan fingerprint density at radius 2 is 0.548 bits per heavy atom. The van der Waals surface area contributed by atoms with Crippen LogP contribution in [0.1, 0.15) is 128 Å². The van der Waals surface area contributed by atoms with Crippen LogP contribution >= 0.6 is 14.7 Å². The standard InChI is InChI=1S/2C12H23O2P.Ca/c2*13-15(14,11-7-3-1-4-8-11)12-9-5-2-6-10-12;/h2*11-12H,1-10H2,(H,13,14);/q;;+2/p-2. The molecule has 4 saturated carbocycles. The summed E-state index contributed by atoms with van der Waals surface area (Å²) in [7, 11) is -6.19. The van der Waals surface area contributed by atoms with Crippen molar-refractivity contribution in [3.63, 3.8) is 0 Å². The third-order valence-corrected chi connectivity index (χ3v) is 14.5. The van der Waals surface area contributed by atoms with Crippen molar-refractivity contribution in [2.75, 3.05) is 0 Å². The van der Waals surface area contributed by atoms with Crippen LogP contribution in [0.4, 0.5) is 0 Å². The molecular weight excluding hydrogens is 454 g/mol. The molecule has 176 valence electrons. The summed E-state index contributed by atoms with van der Waals surface area (Å²) >= 11 is 0. The van der Waals surface area contributed by atoms with Crippen molar-refractivity contribution in [2.24, 2.45) is 0 Å². The van der Waals surface area contributed by atoms with Crippen LogP contribution in [0, 0.1) is 0 Å². The van der Waals surface area contributed by atoms with Crippen LogP contribution in [0.15, 0.2) is 0 Å². The van der Waals surface area contributed by atoms with Crippen LogP contribution in [0.25, 0.3) is 0 Å². The molecule has 0 atom stereocenters. The van der Waals surface area contributed by atoms with Crippen LogP contribution in [0.2, 0.25) is 0 Å². The van der Waals surface area contributed by atoms with Crippen molar-refractivity contribution in [3.05, 3.63) is 0 Å². The minimum absolute atomic E-state index is 0. The van der Waals surface area contributed by atoms with Crippen molar-refractivity contribution in [1.82, 2.24) is 0 Å². The first-order valence-corrected chi connectivity index (χ1v) is 16.6. The third-order valence-electron chi connectivity index (χ3n) is 8.33. The van der Waals surface area contributed by atoms with E-state index in [1.165, 1.54) is 25.7 Å². The van der Waals surface area contributed by atoms with Gasteiger partial charge in [-0.3, -0.25) is 0 Å². The van der Waals surface area contributed by atoms with E-state index >= 15 is 0 Å². The van der Waals surface area contributed by atoms with Crippen molar-refractivity contribution in [2.45, 2.75) is 151 Å². The zero-order valence-corrected chi connectivity index (χ0v) is 23.7. The molecule has 4 aliphatic rings. The Labute approximate surface area is 221 Å². The molecule has 0 radical (unpaired) electrons. The minimum atomic E-state index is -3.09. The number of hydrogen-bond donors (Lipinski definition) is 0. The molecule has 31 heavy (non-hydrogen) atoms. The molecular formula is C24H44CaO4P2. The predicted octanol–water partition coefficient (Wildman–Crippen LogP) is 6.20. The molecule has 4 nitrogen and oxygen atoms in total. The monoisotopic (exact) mass is 498 g/mol. The maximum absolute atomic E-state index is 12.4. The van der Waals surface area contributed by atoms with E-state index in [1.807, 2.05) is 0 Å². The summed E-state index contributed by atoms with van der Waals surface area (Å²) in [6.07, 6.45) is 21.5. The molecule has 0 amide bonds. The summed E-state index contributed by atoms with van der Waals surface area (Å²) in [5, 5.41) is 0. The second-order valence-corrected chi connectivity index (χ2v) is 16.0. The fourth-order valence-corrected chi connectivity index (χ4v) is 11.9. The smallest absolute Gasteiger partial charge is 0.799 e. The van der Waals surface area contributed by atoms with Crippen molar-refractivity contribution in [1.29, 1.82) is 0 Å². The quantitative estimate of drug-likeness (QED) is 0.341. The molecule has 0 aromatic rings. The van der Waals surface area contributed by atoms with Gasteiger partial charge in [0.25, 0.3) is 0 Å². The summed E-state index contributed by atoms with van der Waals surface area (Å²) in [5.41, 5.74) is 0.146. The average Bonchev–Trinajstić information content (AvgIpc) is 2.82. The second kappa shape index (κ2) is 14.3. The van der Waals surface area contributed by atoms with E-state index in [-0.39, 0.29) is 60.4 Å². The third kappa shape index (κ3) is 8.37. The van der Waals surface area contributed by atoms with Gasteiger partial charge in [0.05, 0.1) is 0 Å². The van der Waals surface area contributed by atoms with Gasteiger partial charge in [-0.25, -0.2) is 0 Å². The summed E-state index contributed by atoms with van der Waals surface area (Å²) in [5.74, 6) is 0. The number of hydrogen-bond acceptors (Lipinski definition) is 4. The summed E-state index contributed by atoms with van der Waals surface area (Å²) in [6.45, 7) is 0. The Bertz CT molecular complexity index is 494. The molecule has 4 fully saturated rings. The Kier molecular flexibility index (Phi) is 13.3. The van der Waals surface area contributed by atoms with Gasteiger partial charge in [0.2, 0.25) is 0 Å². The first-order chi connectivity index (χ1) is 14.4. The molecule has 4 aliphatic carbocycles. The van der Waals surface area contributed by atoms with Gasteiger partial charge < -0.3 is 18.9 Å². The Hall–Kier alpha value is 1.64. The molecule has 0 aromatic heterocycles. The zero-order chi connectivity index (χ0) is 21.5. The summed E-state index contributed by atoms with van der Waals surface area (Å²) in [4.78, 5) is 24.7. The van der Waals surface area contributed by atoms with Gasteiger partial charge in [-0.15, -0.1) is 0 Å². The van der Waals surface area contributed by atoms with Crippen LogP contribution < -0.4 is 9.79 Å². The molecule has 0 heterocycles. The van der Waals surface area contributed by atoms with E-state index in [9.17, 15) is 18.9 Å². The summed E-state index contributed by atoms with van der Waals surface area (Å²) < 4.78 is 24.7. The van der Waals surface area contributed by atoms with Gasteiger partial charge in [-0.05, 0) is 51.4 Å². The van der Waals surface area contributed by atoms with E-state index in [0.717, 1.165) is 103 Å². The van der Waals surface area contributed by atoms with Crippen LogP contribution in [0.5, 0.6) is 0 Å². The van der Waals surface area contributed by atoms with Gasteiger partial charge in [-0.2, -0.15) is 0 Å². The average molecular weight is 499 g/mol. The van der Waals surface area contributed by atoms with Gasteiger partial charge in [0.15, 0.2) is 0 Å². The number of rotatable bonds is 4. The van der Waals surface area contributed by atoms with Crippen molar-refractivity contribution >= 4 is 52.5 Å². The van der Waals surface area contributed by atoms with Gasteiger partial charge in [-0.1, -0.05) is 77.0 Å². The van der Waals surface area contributed by atoms with E-state index in [4.69, 9.17) is 0 Å². The Balaban J connectivity index is 0.000000213. The normalized spacial score (nSPS) is 25.9. The van der Waals surface area contributed by atoms with Gasteiger partial charge >= 0.3 is 37.7 Å². The van der Waals surface area contributed by atoms with Crippen LogP contribution in [-0.4, -0.2) is 60.4 Å². The Morgan fingerprint density at radius 1 is 0.387 bits per heavy atom. The van der Waals surface area contributed by atoms with Crippen LogP contribution in [0.3, 0.4) is 0 Å². The van der Waals surface area contributed by atoms with E-state index < -0.39 is 14.7 Å². The first-order valence-electron chi connectivity index (χ1n) is 13.0. The second-order valence-electron chi connectivity index (χ2n) is 10.5. The molecule has 7 heteroatoms. The Morgan fingerprint density at radius 3 is 0.710 bits per heavy atom. The maximum atomic E-state index is 12.4. The largest absolute Gasteiger partial charge is 2.00 e. The van der Waals surface area contributed by atoms with E-state index in [2.05, 4.69) is 0 Å². The summed E-state index contributed by atoms with van der Waals surface area (Å²) in [6, 6.07) is 0. The van der Waals surface area contributed by atoms with Gasteiger partial charge in [0, 0.05) is 37.4 Å². The maximum Gasteiger partial charge on any atom is 2.00 e. The molecule has 4 rings (SSSR count). The molecule has 0 bridgehead atoms. The fourth-order valence-electron chi connectivity index (χ4n) is 6.36. The van der Waals surface area contributed by atoms with E-state index in [0.29, 0.717) is 0 Å². The molecule has 0 aromatic carbocycles. The van der Waals surface area contributed by atoms with Crippen molar-refractivity contribution < 1.29 is 18.9 Å². The molecule has 0 saturated heterocycles. The minimum Gasteiger partial charge on any atom is -0.799 e. The molecule has 0 spiro atoms.